The van der Waals surface area contributed by atoms with Crippen LogP contribution in [0.3, 0.4) is 0 Å². The number of fused-ring (bicyclic) bond motifs is 1. The summed E-state index contributed by atoms with van der Waals surface area (Å²) >= 11 is 6.07. The Balaban J connectivity index is 2.97. The van der Waals surface area contributed by atoms with E-state index < -0.39 is 0 Å². The highest BCUT2D eigenvalue weighted by Gasteiger charge is 2.25. The maximum Gasteiger partial charge on any atom is 0.148 e. The molecule has 0 aliphatic carbocycles. The highest BCUT2D eigenvalue weighted by atomic mass is 35.5. The number of rotatable bonds is 0. The van der Waals surface area contributed by atoms with Gasteiger partial charge in [0.2, 0.25) is 0 Å². The van der Waals surface area contributed by atoms with Gasteiger partial charge in [0.1, 0.15) is 11.5 Å². The Morgan fingerprint density at radius 1 is 1.38 bits per heavy atom. The van der Waals surface area contributed by atoms with Gasteiger partial charge in [-0.3, -0.25) is 0 Å². The third kappa shape index (κ3) is 1.59. The molecule has 2 nitrogen and oxygen atoms in total. The summed E-state index contributed by atoms with van der Waals surface area (Å²) in [7, 11) is 0. The first kappa shape index (κ1) is 11.4. The second-order valence-electron chi connectivity index (χ2n) is 5.00. The van der Waals surface area contributed by atoms with Gasteiger partial charge in [0.25, 0.3) is 0 Å². The van der Waals surface area contributed by atoms with Gasteiger partial charge in [-0.05, 0) is 12.3 Å². The van der Waals surface area contributed by atoms with Crippen molar-refractivity contribution in [2.24, 2.45) is 0 Å². The van der Waals surface area contributed by atoms with Crippen LogP contribution in [0.2, 0.25) is 5.02 Å². The summed E-state index contributed by atoms with van der Waals surface area (Å²) in [6.07, 6.45) is 1.65. The van der Waals surface area contributed by atoms with Crippen molar-refractivity contribution in [3.63, 3.8) is 0 Å². The van der Waals surface area contributed by atoms with Crippen LogP contribution in [-0.2, 0) is 5.41 Å². The van der Waals surface area contributed by atoms with E-state index in [1.165, 1.54) is 0 Å². The summed E-state index contributed by atoms with van der Waals surface area (Å²) in [5.41, 5.74) is 1.37. The van der Waals surface area contributed by atoms with E-state index in [2.05, 4.69) is 9.97 Å². The predicted molar refractivity (Wildman–Crippen MR) is 64.5 cm³/mol. The fourth-order valence-electron chi connectivity index (χ4n) is 1.93. The number of nitrogens with one attached hydrogen (secondary N) is 1. The fraction of sp³-hybridized carbons (Fsp3) is 0.417. The van der Waals surface area contributed by atoms with Crippen LogP contribution in [0.5, 0.6) is 0 Å². The first-order chi connectivity index (χ1) is 7.32. The Morgan fingerprint density at radius 2 is 2.00 bits per heavy atom. The van der Waals surface area contributed by atoms with Gasteiger partial charge >= 0.3 is 0 Å². The molecule has 1 N–H and O–H groups in total. The molecule has 2 heterocycles. The van der Waals surface area contributed by atoms with E-state index in [-0.39, 0.29) is 11.2 Å². The molecule has 0 radical (unpaired) electrons. The van der Waals surface area contributed by atoms with Crippen molar-refractivity contribution in [1.29, 1.82) is 0 Å². The first-order valence-corrected chi connectivity index (χ1v) is 5.53. The largest absolute Gasteiger partial charge is 0.345 e. The molecule has 0 fully saturated rings. The molecule has 0 bridgehead atoms. The Morgan fingerprint density at radius 3 is 2.56 bits per heavy atom. The molecule has 0 aromatic carbocycles. The lowest BCUT2D eigenvalue weighted by Gasteiger charge is -2.21. The monoisotopic (exact) mass is 240 g/mol. The summed E-state index contributed by atoms with van der Waals surface area (Å²) in [5.74, 6) is -0.262. The quantitative estimate of drug-likeness (QED) is 0.742. The van der Waals surface area contributed by atoms with Crippen molar-refractivity contribution in [3.05, 3.63) is 28.3 Å². The summed E-state index contributed by atoms with van der Waals surface area (Å²) < 4.78 is 14.2. The van der Waals surface area contributed by atoms with Gasteiger partial charge in [0.05, 0.1) is 10.7 Å². The molecule has 16 heavy (non-hydrogen) atoms. The van der Waals surface area contributed by atoms with E-state index in [1.807, 2.05) is 20.8 Å². The van der Waals surface area contributed by atoms with Crippen LogP contribution in [0.4, 0.5) is 4.39 Å². The maximum absolute atomic E-state index is 14.2. The van der Waals surface area contributed by atoms with E-state index in [1.54, 1.807) is 13.1 Å². The molecule has 0 amide bonds. The van der Waals surface area contributed by atoms with Crippen molar-refractivity contribution < 1.29 is 4.39 Å². The number of hydrogen-bond acceptors (Lipinski definition) is 1. The van der Waals surface area contributed by atoms with Crippen molar-refractivity contribution in [2.75, 3.05) is 0 Å². The lowest BCUT2D eigenvalue weighted by atomic mass is 9.85. The van der Waals surface area contributed by atoms with E-state index in [0.29, 0.717) is 27.3 Å². The molecule has 86 valence electrons. The number of nitrogens with zero attached hydrogens (tertiary/aromatic N) is 1. The topological polar surface area (TPSA) is 28.7 Å². The van der Waals surface area contributed by atoms with Crippen LogP contribution in [0.25, 0.3) is 11.0 Å². The van der Waals surface area contributed by atoms with E-state index >= 15 is 0 Å². The third-order valence-corrected chi connectivity index (χ3v) is 2.93. The van der Waals surface area contributed by atoms with Crippen molar-refractivity contribution in [2.45, 2.75) is 33.1 Å². The van der Waals surface area contributed by atoms with Crippen LogP contribution in [0.1, 0.15) is 32.0 Å². The Labute approximate surface area is 98.8 Å². The molecule has 0 atom stereocenters. The number of aromatic amines is 1. The van der Waals surface area contributed by atoms with Gasteiger partial charge < -0.3 is 4.98 Å². The Hall–Kier alpha value is -1.09. The predicted octanol–water partition coefficient (Wildman–Crippen LogP) is 3.96. The van der Waals surface area contributed by atoms with Crippen molar-refractivity contribution in [1.82, 2.24) is 9.97 Å². The zero-order chi connectivity index (χ0) is 12.1. The summed E-state index contributed by atoms with van der Waals surface area (Å²) in [5, 5.41) is 1.21. The number of H-pyrrole nitrogens is 1. The summed E-state index contributed by atoms with van der Waals surface area (Å²) in [4.78, 5) is 7.11. The Kier molecular flexibility index (Phi) is 2.46. The summed E-state index contributed by atoms with van der Waals surface area (Å²) in [6.45, 7) is 7.56. The second kappa shape index (κ2) is 3.45. The van der Waals surface area contributed by atoms with Crippen molar-refractivity contribution >= 4 is 22.6 Å². The average Bonchev–Trinajstić information content (AvgIpc) is 2.47. The van der Waals surface area contributed by atoms with Gasteiger partial charge in [-0.2, -0.15) is 0 Å². The fourth-order valence-corrected chi connectivity index (χ4v) is 2.17. The number of pyridine rings is 1. The molecule has 0 aliphatic heterocycles. The SMILES string of the molecule is Cc1nc2[nH]cc(Cl)c2c(C(C)(C)C)c1F. The molecular formula is C12H14ClFN2. The second-order valence-corrected chi connectivity index (χ2v) is 5.40. The van der Waals surface area contributed by atoms with E-state index in [4.69, 9.17) is 11.6 Å². The van der Waals surface area contributed by atoms with Crippen LogP contribution in [0, 0.1) is 12.7 Å². The molecule has 2 aromatic heterocycles. The first-order valence-electron chi connectivity index (χ1n) is 5.15. The number of hydrogen-bond donors (Lipinski definition) is 1. The molecule has 0 unspecified atom stereocenters. The van der Waals surface area contributed by atoms with Crippen molar-refractivity contribution in [3.8, 4) is 0 Å². The zero-order valence-corrected chi connectivity index (χ0v) is 10.5. The minimum atomic E-state index is -0.304. The lowest BCUT2D eigenvalue weighted by Crippen LogP contribution is -2.15. The van der Waals surface area contributed by atoms with Crippen LogP contribution in [-0.4, -0.2) is 9.97 Å². The van der Waals surface area contributed by atoms with Crippen LogP contribution < -0.4 is 0 Å². The zero-order valence-electron chi connectivity index (χ0n) is 9.78. The van der Waals surface area contributed by atoms with Gasteiger partial charge in [-0.25, -0.2) is 9.37 Å². The number of aromatic nitrogens is 2. The van der Waals surface area contributed by atoms with Gasteiger partial charge in [-0.15, -0.1) is 0 Å². The van der Waals surface area contributed by atoms with E-state index in [9.17, 15) is 4.39 Å². The molecular weight excluding hydrogens is 227 g/mol. The molecule has 4 heteroatoms. The number of aryl methyl sites for hydroxylation is 1. The highest BCUT2D eigenvalue weighted by Crippen LogP contribution is 2.36. The van der Waals surface area contributed by atoms with Gasteiger partial charge in [0.15, 0.2) is 0 Å². The minimum Gasteiger partial charge on any atom is -0.345 e. The highest BCUT2D eigenvalue weighted by molar-refractivity contribution is 6.35. The lowest BCUT2D eigenvalue weighted by molar-refractivity contribution is 0.520. The summed E-state index contributed by atoms with van der Waals surface area (Å²) in [6, 6.07) is 0. The minimum absolute atomic E-state index is 0.262. The van der Waals surface area contributed by atoms with Gasteiger partial charge in [0, 0.05) is 17.1 Å². The maximum atomic E-state index is 14.2. The molecule has 0 spiro atoms. The van der Waals surface area contributed by atoms with Gasteiger partial charge in [-0.1, -0.05) is 32.4 Å². The average molecular weight is 241 g/mol. The molecule has 2 rings (SSSR count). The Bertz CT molecular complexity index is 552. The standard InChI is InChI=1S/C12H14ClFN2/c1-6-10(14)9(12(2,3)4)8-7(13)5-15-11(8)16-6/h5H,1-4H3,(H,15,16). The molecule has 0 saturated heterocycles. The van der Waals surface area contributed by atoms with E-state index in [0.717, 1.165) is 0 Å². The molecule has 0 saturated carbocycles. The normalized spacial score (nSPS) is 12.4. The molecule has 0 aliphatic rings. The van der Waals surface area contributed by atoms with Crippen LogP contribution >= 0.6 is 11.6 Å². The van der Waals surface area contributed by atoms with Crippen LogP contribution in [0.15, 0.2) is 6.20 Å². The third-order valence-electron chi connectivity index (χ3n) is 2.63. The molecule has 2 aromatic rings. The smallest absolute Gasteiger partial charge is 0.148 e. The number of halogens is 2.